The van der Waals surface area contributed by atoms with Crippen LogP contribution in [-0.4, -0.2) is 48.6 Å². The molecule has 0 aromatic rings. The molecule has 2 heterocycles. The van der Waals surface area contributed by atoms with Gasteiger partial charge in [-0.15, -0.1) is 0 Å². The summed E-state index contributed by atoms with van der Waals surface area (Å²) in [7, 11) is 0. The Morgan fingerprint density at radius 1 is 1.13 bits per heavy atom. The Hall–Kier alpha value is -1.05. The van der Waals surface area contributed by atoms with E-state index in [0.717, 1.165) is 36.8 Å². The third-order valence-electron chi connectivity index (χ3n) is 10.0. The van der Waals surface area contributed by atoms with Crippen molar-refractivity contribution in [2.45, 2.75) is 69.9 Å². The van der Waals surface area contributed by atoms with Gasteiger partial charge in [-0.1, -0.05) is 26.0 Å². The van der Waals surface area contributed by atoms with Crippen LogP contribution in [-0.2, 0) is 23.7 Å². The van der Waals surface area contributed by atoms with Crippen LogP contribution >= 0.6 is 0 Å². The monoisotopic (exact) mass is 416 g/mol. The van der Waals surface area contributed by atoms with Gasteiger partial charge >= 0.3 is 0 Å². The second-order valence-corrected chi connectivity index (χ2v) is 10.8. The summed E-state index contributed by atoms with van der Waals surface area (Å²) in [5, 5.41) is 11.7. The summed E-state index contributed by atoms with van der Waals surface area (Å²) in [6.07, 6.45) is 6.08. The molecule has 0 aromatic carbocycles. The van der Waals surface area contributed by atoms with Crippen molar-refractivity contribution in [3.05, 3.63) is 23.8 Å². The molecule has 0 radical (unpaired) electrons. The zero-order valence-electron chi connectivity index (χ0n) is 17.9. The fraction of sp³-hybridized carbons (Fsp3) is 0.792. The summed E-state index contributed by atoms with van der Waals surface area (Å²) in [5.41, 5.74) is 0.954. The Bertz CT molecular complexity index is 837. The number of hydrogen-bond acceptors (Lipinski definition) is 6. The number of aliphatic hydroxyl groups excluding tert-OH is 1. The van der Waals surface area contributed by atoms with Gasteiger partial charge in [0, 0.05) is 11.8 Å². The zero-order chi connectivity index (χ0) is 20.9. The molecule has 3 saturated carbocycles. The maximum atomic E-state index is 12.2. The molecule has 4 aliphatic carbocycles. The normalized spacial score (nSPS) is 55.0. The molecule has 164 valence electrons. The second kappa shape index (κ2) is 6.04. The van der Waals surface area contributed by atoms with Crippen molar-refractivity contribution in [2.75, 3.05) is 20.2 Å². The largest absolute Gasteiger partial charge is 0.392 e. The molecule has 30 heavy (non-hydrogen) atoms. The number of allylic oxidation sites excluding steroid dienone is 2. The van der Waals surface area contributed by atoms with Gasteiger partial charge in [0.2, 0.25) is 5.79 Å². The molecular formula is C24H32O6. The first-order chi connectivity index (χ1) is 14.3. The number of ketones is 1. The first-order valence-electron chi connectivity index (χ1n) is 11.4. The highest BCUT2D eigenvalue weighted by atomic mass is 16.9. The van der Waals surface area contributed by atoms with Crippen LogP contribution in [0.2, 0.25) is 0 Å². The fourth-order valence-electron chi connectivity index (χ4n) is 8.51. The van der Waals surface area contributed by atoms with Crippen molar-refractivity contribution in [3.8, 4) is 0 Å². The average molecular weight is 417 g/mol. The average Bonchev–Trinajstić information content (AvgIpc) is 3.41. The zero-order valence-corrected chi connectivity index (χ0v) is 17.9. The molecule has 2 saturated heterocycles. The predicted molar refractivity (Wildman–Crippen MR) is 107 cm³/mol. The highest BCUT2D eigenvalue weighted by Crippen LogP contribution is 2.71. The van der Waals surface area contributed by atoms with Gasteiger partial charge in [-0.05, 0) is 66.9 Å². The van der Waals surface area contributed by atoms with Gasteiger partial charge in [0.1, 0.15) is 12.2 Å². The topological polar surface area (TPSA) is 74.2 Å². The third kappa shape index (κ3) is 2.06. The lowest BCUT2D eigenvalue weighted by molar-refractivity contribution is -0.269. The molecular weight excluding hydrogens is 384 g/mol. The van der Waals surface area contributed by atoms with E-state index in [1.807, 2.05) is 6.08 Å². The number of hydrogen-bond donors (Lipinski definition) is 1. The van der Waals surface area contributed by atoms with E-state index in [-0.39, 0.29) is 30.7 Å². The van der Waals surface area contributed by atoms with Crippen LogP contribution < -0.4 is 0 Å². The van der Waals surface area contributed by atoms with Crippen molar-refractivity contribution in [1.82, 2.24) is 0 Å². The molecule has 0 aromatic heterocycles. The number of carbonyl (C=O) groups is 1. The lowest BCUT2D eigenvalue weighted by atomic mass is 9.44. The van der Waals surface area contributed by atoms with Gasteiger partial charge in [0.25, 0.3) is 0 Å². The van der Waals surface area contributed by atoms with Gasteiger partial charge in [-0.2, -0.15) is 0 Å². The van der Waals surface area contributed by atoms with Crippen LogP contribution in [0, 0.1) is 28.6 Å². The molecule has 0 amide bonds. The molecule has 6 aliphatic rings. The number of rotatable bonds is 0. The van der Waals surface area contributed by atoms with E-state index in [4.69, 9.17) is 18.9 Å². The van der Waals surface area contributed by atoms with Crippen LogP contribution in [0.3, 0.4) is 0 Å². The Morgan fingerprint density at radius 2 is 1.93 bits per heavy atom. The van der Waals surface area contributed by atoms with Crippen molar-refractivity contribution >= 4 is 5.78 Å². The van der Waals surface area contributed by atoms with Crippen LogP contribution in [0.15, 0.2) is 23.8 Å². The van der Waals surface area contributed by atoms with E-state index in [2.05, 4.69) is 20.4 Å². The van der Waals surface area contributed by atoms with Crippen molar-refractivity contribution in [2.24, 2.45) is 28.6 Å². The predicted octanol–water partition coefficient (Wildman–Crippen LogP) is 3.10. The van der Waals surface area contributed by atoms with E-state index < -0.39 is 22.9 Å². The van der Waals surface area contributed by atoms with Crippen molar-refractivity contribution in [3.63, 3.8) is 0 Å². The third-order valence-corrected chi connectivity index (χ3v) is 10.0. The van der Waals surface area contributed by atoms with E-state index in [1.165, 1.54) is 0 Å². The summed E-state index contributed by atoms with van der Waals surface area (Å²) in [6.45, 7) is 9.59. The van der Waals surface area contributed by atoms with Gasteiger partial charge < -0.3 is 24.1 Å². The smallest absolute Gasteiger partial charge is 0.226 e. The maximum Gasteiger partial charge on any atom is 0.226 e. The first kappa shape index (κ1) is 19.6. The molecule has 2 spiro atoms. The number of ether oxygens (including phenoxy) is 4. The van der Waals surface area contributed by atoms with Gasteiger partial charge in [-0.3, -0.25) is 4.79 Å². The molecule has 2 aliphatic heterocycles. The minimum atomic E-state index is -0.928. The van der Waals surface area contributed by atoms with E-state index >= 15 is 0 Å². The number of aliphatic hydroxyl groups is 1. The highest BCUT2D eigenvalue weighted by Gasteiger charge is 2.78. The Morgan fingerprint density at radius 3 is 2.70 bits per heavy atom. The lowest BCUT2D eigenvalue weighted by Crippen LogP contribution is -2.68. The summed E-state index contributed by atoms with van der Waals surface area (Å²) in [6, 6.07) is 0. The SMILES string of the molecule is C=C1C[C@@H]2[C@H]3CC[C@@]4(OCO[C@]45COCO5)[C@@]3(C)[C@@H](O)C[C@@H]2[C@@]2(C)CCC(=O)C=C12. The molecule has 6 nitrogen and oxygen atoms in total. The second-order valence-electron chi connectivity index (χ2n) is 10.8. The summed E-state index contributed by atoms with van der Waals surface area (Å²) in [5.74, 6) is 0.304. The lowest BCUT2D eigenvalue weighted by Gasteiger charge is -2.62. The fourth-order valence-corrected chi connectivity index (χ4v) is 8.51. The Kier molecular flexibility index (Phi) is 3.95. The van der Waals surface area contributed by atoms with Crippen molar-refractivity contribution < 1.29 is 28.8 Å². The molecule has 6 heteroatoms. The van der Waals surface area contributed by atoms with Gasteiger partial charge in [0.05, 0.1) is 6.10 Å². The summed E-state index contributed by atoms with van der Waals surface area (Å²) < 4.78 is 24.0. The standard InChI is InChI=1S/C24H32O6/c1-14-8-16-17-5-7-23(24(30-13-28-23)11-27-12-29-24)22(17,3)20(26)10-19(16)21(2)6-4-15(25)9-18(14)21/h9,16-17,19-20,26H,1,4-8,10-13H2,2-3H3/t16-,17-,19+,20+,21+,22-,23-,24-/m1/s1. The van der Waals surface area contributed by atoms with Gasteiger partial charge in [-0.25, -0.2) is 0 Å². The van der Waals surface area contributed by atoms with E-state index in [1.54, 1.807) is 0 Å². The Balaban J connectivity index is 1.43. The van der Waals surface area contributed by atoms with Crippen LogP contribution in [0.4, 0.5) is 0 Å². The molecule has 8 atom stereocenters. The molecule has 5 fully saturated rings. The minimum Gasteiger partial charge on any atom is -0.392 e. The first-order valence-corrected chi connectivity index (χ1v) is 11.4. The van der Waals surface area contributed by atoms with E-state index in [9.17, 15) is 9.90 Å². The number of carbonyl (C=O) groups excluding carboxylic acids is 1. The molecule has 0 unspecified atom stereocenters. The molecule has 1 N–H and O–H groups in total. The van der Waals surface area contributed by atoms with E-state index in [0.29, 0.717) is 31.3 Å². The van der Waals surface area contributed by atoms with Crippen LogP contribution in [0.1, 0.15) is 52.4 Å². The minimum absolute atomic E-state index is 0.0936. The molecule has 6 rings (SSSR count). The highest BCUT2D eigenvalue weighted by molar-refractivity contribution is 5.92. The maximum absolute atomic E-state index is 12.2. The Labute approximate surface area is 177 Å². The quantitative estimate of drug-likeness (QED) is 0.654. The van der Waals surface area contributed by atoms with Crippen LogP contribution in [0.25, 0.3) is 0 Å². The van der Waals surface area contributed by atoms with Crippen molar-refractivity contribution in [1.29, 1.82) is 0 Å². The summed E-state index contributed by atoms with van der Waals surface area (Å²) in [4.78, 5) is 12.2. The van der Waals surface area contributed by atoms with Gasteiger partial charge in [0.15, 0.2) is 19.4 Å². The summed E-state index contributed by atoms with van der Waals surface area (Å²) >= 11 is 0. The molecule has 0 bridgehead atoms. The number of fused-ring (bicyclic) bond motifs is 7. The van der Waals surface area contributed by atoms with Crippen LogP contribution in [0.5, 0.6) is 0 Å².